The molecule has 0 aliphatic rings. The first-order valence-corrected chi connectivity index (χ1v) is 7.67. The van der Waals surface area contributed by atoms with Crippen molar-refractivity contribution in [2.24, 2.45) is 0 Å². The third kappa shape index (κ3) is 7.05. The van der Waals surface area contributed by atoms with Crippen molar-refractivity contribution >= 4 is 43.0 Å². The first-order valence-electron chi connectivity index (χ1n) is 6.41. The number of nitrogens with one attached hydrogen (secondary N) is 2. The van der Waals surface area contributed by atoms with Crippen LogP contribution in [-0.2, 0) is 14.4 Å². The summed E-state index contributed by atoms with van der Waals surface area (Å²) >= 11 is 8.14. The number of carbonyl (C=O) groups excluding carboxylic acids is 3. The standard InChI is InChI=1S/C12H24N4O3S2/c1-15(2)11(18)8(6-20)13-5-10(17)14-9(7-21)12(19)16(3)4/h8-9,13,20-21H,5-7H2,1-4H3,(H,14,17). The lowest BCUT2D eigenvalue weighted by Gasteiger charge is -2.22. The Kier molecular flexibility index (Phi) is 9.47. The van der Waals surface area contributed by atoms with Crippen molar-refractivity contribution < 1.29 is 14.4 Å². The van der Waals surface area contributed by atoms with E-state index in [1.165, 1.54) is 9.80 Å². The second-order valence-electron chi connectivity index (χ2n) is 4.88. The van der Waals surface area contributed by atoms with Gasteiger partial charge in [0.1, 0.15) is 6.04 Å². The van der Waals surface area contributed by atoms with E-state index >= 15 is 0 Å². The molecule has 0 rings (SSSR count). The molecule has 0 aromatic rings. The maximum absolute atomic E-state index is 11.8. The van der Waals surface area contributed by atoms with E-state index in [1.54, 1.807) is 28.2 Å². The Morgan fingerprint density at radius 1 is 0.905 bits per heavy atom. The number of thiol groups is 2. The highest BCUT2D eigenvalue weighted by Crippen LogP contribution is 1.95. The van der Waals surface area contributed by atoms with E-state index < -0.39 is 12.1 Å². The van der Waals surface area contributed by atoms with Crippen molar-refractivity contribution in [3.8, 4) is 0 Å². The van der Waals surface area contributed by atoms with E-state index in [1.807, 2.05) is 0 Å². The molecule has 0 saturated heterocycles. The van der Waals surface area contributed by atoms with E-state index in [4.69, 9.17) is 0 Å². The molecule has 0 aromatic heterocycles. The van der Waals surface area contributed by atoms with Gasteiger partial charge in [0.15, 0.2) is 0 Å². The number of carbonyl (C=O) groups is 3. The summed E-state index contributed by atoms with van der Waals surface area (Å²) in [7, 11) is 6.48. The minimum Gasteiger partial charge on any atom is -0.347 e. The van der Waals surface area contributed by atoms with Crippen LogP contribution in [0.4, 0.5) is 0 Å². The molecule has 0 aromatic carbocycles. The summed E-state index contributed by atoms with van der Waals surface area (Å²) in [5, 5.41) is 5.39. The number of hydrogen-bond acceptors (Lipinski definition) is 6. The zero-order chi connectivity index (χ0) is 16.6. The van der Waals surface area contributed by atoms with Crippen LogP contribution in [0.5, 0.6) is 0 Å². The van der Waals surface area contributed by atoms with Crippen LogP contribution in [0.1, 0.15) is 0 Å². The Balaban J connectivity index is 4.42. The molecule has 0 heterocycles. The minimum absolute atomic E-state index is 0.0736. The van der Waals surface area contributed by atoms with Crippen molar-refractivity contribution in [2.75, 3.05) is 46.2 Å². The zero-order valence-electron chi connectivity index (χ0n) is 12.8. The fourth-order valence-corrected chi connectivity index (χ4v) is 2.03. The van der Waals surface area contributed by atoms with Gasteiger partial charge >= 0.3 is 0 Å². The van der Waals surface area contributed by atoms with Gasteiger partial charge < -0.3 is 15.1 Å². The molecule has 3 amide bonds. The molecule has 0 spiro atoms. The number of rotatable bonds is 8. The topological polar surface area (TPSA) is 81.8 Å². The zero-order valence-corrected chi connectivity index (χ0v) is 14.6. The van der Waals surface area contributed by atoms with Crippen LogP contribution in [0.3, 0.4) is 0 Å². The molecule has 0 fully saturated rings. The molecule has 0 radical (unpaired) electrons. The van der Waals surface area contributed by atoms with Crippen LogP contribution in [-0.4, -0.2) is 85.8 Å². The van der Waals surface area contributed by atoms with Crippen molar-refractivity contribution in [3.05, 3.63) is 0 Å². The first-order chi connectivity index (χ1) is 9.74. The monoisotopic (exact) mass is 336 g/mol. The Bertz CT molecular complexity index is 378. The highest BCUT2D eigenvalue weighted by atomic mass is 32.1. The van der Waals surface area contributed by atoms with Gasteiger partial charge in [-0.05, 0) is 0 Å². The van der Waals surface area contributed by atoms with Crippen LogP contribution in [0, 0.1) is 0 Å². The van der Waals surface area contributed by atoms with Crippen LogP contribution in [0.15, 0.2) is 0 Å². The fourth-order valence-electron chi connectivity index (χ4n) is 1.50. The lowest BCUT2D eigenvalue weighted by molar-refractivity contribution is -0.134. The summed E-state index contributed by atoms with van der Waals surface area (Å²) in [6.45, 7) is -0.0736. The normalized spacial score (nSPS) is 13.2. The Morgan fingerprint density at radius 2 is 1.33 bits per heavy atom. The molecular weight excluding hydrogens is 312 g/mol. The molecule has 0 bridgehead atoms. The third-order valence-electron chi connectivity index (χ3n) is 2.69. The smallest absolute Gasteiger partial charge is 0.245 e. The predicted octanol–water partition coefficient (Wildman–Crippen LogP) is -1.53. The minimum atomic E-state index is -0.684. The van der Waals surface area contributed by atoms with Crippen LogP contribution in [0.2, 0.25) is 0 Å². The van der Waals surface area contributed by atoms with Crippen molar-refractivity contribution in [1.82, 2.24) is 20.4 Å². The lowest BCUT2D eigenvalue weighted by atomic mass is 10.2. The van der Waals surface area contributed by atoms with E-state index in [9.17, 15) is 14.4 Å². The summed E-state index contributed by atoms with van der Waals surface area (Å²) in [5.41, 5.74) is 0. The van der Waals surface area contributed by atoms with Crippen molar-refractivity contribution in [1.29, 1.82) is 0 Å². The molecule has 9 heteroatoms. The quantitative estimate of drug-likeness (QED) is 0.405. The largest absolute Gasteiger partial charge is 0.347 e. The number of likely N-dealkylation sites (N-methyl/N-ethyl adjacent to an activating group) is 2. The molecule has 122 valence electrons. The molecule has 21 heavy (non-hydrogen) atoms. The highest BCUT2D eigenvalue weighted by molar-refractivity contribution is 7.80. The van der Waals surface area contributed by atoms with Gasteiger partial charge in [0.25, 0.3) is 0 Å². The van der Waals surface area contributed by atoms with E-state index in [-0.39, 0.29) is 35.8 Å². The molecule has 0 aliphatic carbocycles. The maximum atomic E-state index is 11.8. The van der Waals surface area contributed by atoms with E-state index in [2.05, 4.69) is 35.9 Å². The van der Waals surface area contributed by atoms with Crippen molar-refractivity contribution in [3.63, 3.8) is 0 Å². The molecule has 7 nitrogen and oxygen atoms in total. The average Bonchev–Trinajstić information content (AvgIpc) is 2.43. The van der Waals surface area contributed by atoms with E-state index in [0.29, 0.717) is 0 Å². The van der Waals surface area contributed by atoms with E-state index in [0.717, 1.165) is 0 Å². The molecule has 2 N–H and O–H groups in total. The summed E-state index contributed by atoms with van der Waals surface area (Å²) in [6.07, 6.45) is 0. The SMILES string of the molecule is CN(C)C(=O)C(CS)NCC(=O)NC(CS)C(=O)N(C)C. The first kappa shape index (κ1) is 20.1. The Hall–Kier alpha value is -0.930. The van der Waals surface area contributed by atoms with Gasteiger partial charge in [0.05, 0.1) is 12.6 Å². The highest BCUT2D eigenvalue weighted by Gasteiger charge is 2.22. The van der Waals surface area contributed by atoms with Crippen LogP contribution < -0.4 is 10.6 Å². The summed E-state index contributed by atoms with van der Waals surface area (Å²) in [4.78, 5) is 38.2. The van der Waals surface area contributed by atoms with Crippen LogP contribution >= 0.6 is 25.3 Å². The Labute approximate surface area is 136 Å². The molecular formula is C12H24N4O3S2. The van der Waals surface area contributed by atoms with Gasteiger partial charge in [-0.1, -0.05) is 0 Å². The Morgan fingerprint density at radius 3 is 1.71 bits per heavy atom. The second-order valence-corrected chi connectivity index (χ2v) is 5.61. The fraction of sp³-hybridized carbons (Fsp3) is 0.750. The average molecular weight is 336 g/mol. The molecule has 0 aliphatic heterocycles. The summed E-state index contributed by atoms with van der Waals surface area (Å²) in [5.74, 6) is -0.282. The predicted molar refractivity (Wildman–Crippen MR) is 88.8 cm³/mol. The summed E-state index contributed by atoms with van der Waals surface area (Å²) in [6, 6.07) is -1.23. The number of hydrogen-bond donors (Lipinski definition) is 4. The summed E-state index contributed by atoms with van der Waals surface area (Å²) < 4.78 is 0. The van der Waals surface area contributed by atoms with Gasteiger partial charge in [0.2, 0.25) is 17.7 Å². The van der Waals surface area contributed by atoms with Gasteiger partial charge in [0, 0.05) is 39.7 Å². The van der Waals surface area contributed by atoms with Gasteiger partial charge in [-0.2, -0.15) is 25.3 Å². The maximum Gasteiger partial charge on any atom is 0.245 e. The lowest BCUT2D eigenvalue weighted by Crippen LogP contribution is -2.52. The molecule has 0 saturated carbocycles. The van der Waals surface area contributed by atoms with Crippen LogP contribution in [0.25, 0.3) is 0 Å². The van der Waals surface area contributed by atoms with Gasteiger partial charge in [-0.25, -0.2) is 0 Å². The van der Waals surface area contributed by atoms with Crippen molar-refractivity contribution in [2.45, 2.75) is 12.1 Å². The third-order valence-corrected chi connectivity index (χ3v) is 3.42. The molecule has 2 unspecified atom stereocenters. The second kappa shape index (κ2) is 9.91. The number of amides is 3. The van der Waals surface area contributed by atoms with Gasteiger partial charge in [-0.15, -0.1) is 0 Å². The number of nitrogens with zero attached hydrogens (tertiary/aromatic N) is 2. The van der Waals surface area contributed by atoms with Gasteiger partial charge in [-0.3, -0.25) is 19.7 Å². The molecule has 2 atom stereocenters.